The molecule has 4 heteroatoms. The van der Waals surface area contributed by atoms with Crippen LogP contribution in [0.5, 0.6) is 0 Å². The summed E-state index contributed by atoms with van der Waals surface area (Å²) in [5.74, 6) is 0. The quantitative estimate of drug-likeness (QED) is 0.640. The molecule has 2 saturated heterocycles. The molecule has 0 spiro atoms. The Balaban J connectivity index is 1.73. The lowest BCUT2D eigenvalue weighted by molar-refractivity contribution is 0.151. The number of aliphatic hydroxyl groups is 1. The molecule has 2 rings (SSSR count). The third-order valence-corrected chi connectivity index (χ3v) is 3.24. The molecule has 4 nitrogen and oxygen atoms in total. The van der Waals surface area contributed by atoms with Crippen LogP contribution < -0.4 is 5.32 Å². The molecule has 0 aromatic carbocycles. The molecule has 0 amide bonds. The maximum atomic E-state index is 9.37. The van der Waals surface area contributed by atoms with Crippen LogP contribution in [-0.2, 0) is 4.74 Å². The van der Waals surface area contributed by atoms with E-state index in [4.69, 9.17) is 4.74 Å². The highest BCUT2D eigenvalue weighted by atomic mass is 16.5. The lowest BCUT2D eigenvalue weighted by atomic mass is 10.1. The molecule has 2 aliphatic heterocycles. The minimum atomic E-state index is -0.145. The van der Waals surface area contributed by atoms with Crippen molar-refractivity contribution in [1.29, 1.82) is 0 Å². The topological polar surface area (TPSA) is 44.7 Å². The van der Waals surface area contributed by atoms with Crippen molar-refractivity contribution in [3.8, 4) is 0 Å². The molecule has 2 fully saturated rings. The van der Waals surface area contributed by atoms with Gasteiger partial charge in [-0.1, -0.05) is 0 Å². The second-order valence-electron chi connectivity index (χ2n) is 4.45. The van der Waals surface area contributed by atoms with Gasteiger partial charge in [-0.05, 0) is 19.9 Å². The Bertz CT molecular complexity index is 183. The van der Waals surface area contributed by atoms with Crippen molar-refractivity contribution in [2.24, 2.45) is 0 Å². The molecule has 82 valence electrons. The van der Waals surface area contributed by atoms with Crippen LogP contribution in [0.2, 0.25) is 0 Å². The molecule has 0 aliphatic carbocycles. The van der Waals surface area contributed by atoms with E-state index in [9.17, 15) is 5.11 Å². The molecule has 0 aromatic heterocycles. The van der Waals surface area contributed by atoms with Crippen LogP contribution in [0.3, 0.4) is 0 Å². The number of hydrogen-bond acceptors (Lipinski definition) is 4. The number of ether oxygens (including phenoxy) is 1. The Hall–Kier alpha value is -0.160. The van der Waals surface area contributed by atoms with Crippen molar-refractivity contribution in [2.45, 2.75) is 31.0 Å². The monoisotopic (exact) mass is 200 g/mol. The summed E-state index contributed by atoms with van der Waals surface area (Å²) in [4.78, 5) is 2.35. The fraction of sp³-hybridized carbons (Fsp3) is 1.00. The zero-order chi connectivity index (χ0) is 9.97. The van der Waals surface area contributed by atoms with Crippen LogP contribution in [0.4, 0.5) is 0 Å². The summed E-state index contributed by atoms with van der Waals surface area (Å²) in [6.07, 6.45) is 1.89. The first-order chi connectivity index (χ1) is 6.75. The van der Waals surface area contributed by atoms with Gasteiger partial charge in [0.25, 0.3) is 0 Å². The van der Waals surface area contributed by atoms with Gasteiger partial charge in [0.1, 0.15) is 0 Å². The molecule has 0 aromatic rings. The normalized spacial score (nSPS) is 38.4. The highest BCUT2D eigenvalue weighted by Gasteiger charge is 2.26. The number of hydrogen-bond donors (Lipinski definition) is 2. The molecule has 14 heavy (non-hydrogen) atoms. The zero-order valence-corrected chi connectivity index (χ0v) is 8.78. The Morgan fingerprint density at radius 1 is 1.57 bits per heavy atom. The summed E-state index contributed by atoms with van der Waals surface area (Å²) in [5.41, 5.74) is 0. The van der Waals surface area contributed by atoms with Crippen molar-refractivity contribution in [2.75, 3.05) is 33.4 Å². The first-order valence-corrected chi connectivity index (χ1v) is 5.45. The maximum absolute atomic E-state index is 9.37. The average molecular weight is 200 g/mol. The molecule has 0 radical (unpaired) electrons. The summed E-state index contributed by atoms with van der Waals surface area (Å²) in [7, 11) is 2.14. The molecule has 3 unspecified atom stereocenters. The van der Waals surface area contributed by atoms with Crippen molar-refractivity contribution >= 4 is 0 Å². The first kappa shape index (κ1) is 10.4. The summed E-state index contributed by atoms with van der Waals surface area (Å²) in [6, 6.07) is 1.03. The standard InChI is InChI=1S/C10H20N2O2/c1-12(9-2-3-14-7-9)6-8-4-10(13)5-11-8/h8-11,13H,2-7H2,1H3. The molecule has 2 heterocycles. The second kappa shape index (κ2) is 4.57. The summed E-state index contributed by atoms with van der Waals surface area (Å²) >= 11 is 0. The van der Waals surface area contributed by atoms with Gasteiger partial charge in [0.05, 0.1) is 12.7 Å². The summed E-state index contributed by atoms with van der Waals surface area (Å²) in [5, 5.41) is 12.7. The van der Waals surface area contributed by atoms with E-state index in [1.165, 1.54) is 0 Å². The Kier molecular flexibility index (Phi) is 3.38. The fourth-order valence-corrected chi connectivity index (χ4v) is 2.30. The fourth-order valence-electron chi connectivity index (χ4n) is 2.30. The van der Waals surface area contributed by atoms with Crippen molar-refractivity contribution in [3.63, 3.8) is 0 Å². The minimum absolute atomic E-state index is 0.145. The van der Waals surface area contributed by atoms with E-state index in [0.717, 1.165) is 39.1 Å². The van der Waals surface area contributed by atoms with Gasteiger partial charge in [-0.25, -0.2) is 0 Å². The summed E-state index contributed by atoms with van der Waals surface area (Å²) < 4.78 is 5.35. The molecular weight excluding hydrogens is 180 g/mol. The SMILES string of the molecule is CN(CC1CC(O)CN1)C1CCOC1. The van der Waals surface area contributed by atoms with Crippen LogP contribution in [0.25, 0.3) is 0 Å². The number of nitrogens with zero attached hydrogens (tertiary/aromatic N) is 1. The molecule has 0 saturated carbocycles. The van der Waals surface area contributed by atoms with Gasteiger partial charge < -0.3 is 15.2 Å². The molecule has 2 aliphatic rings. The Morgan fingerprint density at radius 3 is 3.00 bits per heavy atom. The van der Waals surface area contributed by atoms with E-state index in [1.54, 1.807) is 0 Å². The van der Waals surface area contributed by atoms with Crippen molar-refractivity contribution < 1.29 is 9.84 Å². The number of aliphatic hydroxyl groups excluding tert-OH is 1. The van der Waals surface area contributed by atoms with E-state index in [1.807, 2.05) is 0 Å². The lowest BCUT2D eigenvalue weighted by Gasteiger charge is -2.25. The Morgan fingerprint density at radius 2 is 2.43 bits per heavy atom. The van der Waals surface area contributed by atoms with E-state index >= 15 is 0 Å². The van der Waals surface area contributed by atoms with Gasteiger partial charge in [-0.15, -0.1) is 0 Å². The first-order valence-electron chi connectivity index (χ1n) is 5.45. The molecule has 0 bridgehead atoms. The third-order valence-electron chi connectivity index (χ3n) is 3.24. The number of nitrogens with one attached hydrogen (secondary N) is 1. The zero-order valence-electron chi connectivity index (χ0n) is 8.78. The Labute approximate surface area is 85.2 Å². The summed E-state index contributed by atoms with van der Waals surface area (Å²) in [6.45, 7) is 3.53. The number of rotatable bonds is 3. The van der Waals surface area contributed by atoms with Gasteiger partial charge >= 0.3 is 0 Å². The number of β-amino-alcohol motifs (C(OH)–C–C–N with tert-alkyl or cyclic N) is 1. The van der Waals surface area contributed by atoms with Crippen LogP contribution in [0.15, 0.2) is 0 Å². The second-order valence-corrected chi connectivity index (χ2v) is 4.45. The lowest BCUT2D eigenvalue weighted by Crippen LogP contribution is -2.41. The van der Waals surface area contributed by atoms with Gasteiger partial charge in [0.15, 0.2) is 0 Å². The van der Waals surface area contributed by atoms with Gasteiger partial charge in [-0.2, -0.15) is 0 Å². The van der Waals surface area contributed by atoms with Crippen LogP contribution >= 0.6 is 0 Å². The van der Waals surface area contributed by atoms with E-state index in [0.29, 0.717) is 12.1 Å². The smallest absolute Gasteiger partial charge is 0.0680 e. The maximum Gasteiger partial charge on any atom is 0.0680 e. The molecular formula is C10H20N2O2. The van der Waals surface area contributed by atoms with Crippen molar-refractivity contribution in [3.05, 3.63) is 0 Å². The predicted octanol–water partition coefficient (Wildman–Crippen LogP) is -0.570. The van der Waals surface area contributed by atoms with Crippen LogP contribution in [0.1, 0.15) is 12.8 Å². The van der Waals surface area contributed by atoms with Crippen LogP contribution in [0, 0.1) is 0 Å². The van der Waals surface area contributed by atoms with E-state index in [-0.39, 0.29) is 6.10 Å². The highest BCUT2D eigenvalue weighted by Crippen LogP contribution is 2.13. The van der Waals surface area contributed by atoms with Gasteiger partial charge in [0, 0.05) is 31.8 Å². The minimum Gasteiger partial charge on any atom is -0.392 e. The molecule has 2 N–H and O–H groups in total. The third kappa shape index (κ3) is 2.45. The highest BCUT2D eigenvalue weighted by molar-refractivity contribution is 4.85. The van der Waals surface area contributed by atoms with Gasteiger partial charge in [-0.3, -0.25) is 4.90 Å². The van der Waals surface area contributed by atoms with Gasteiger partial charge in [0.2, 0.25) is 0 Å². The van der Waals surface area contributed by atoms with Crippen LogP contribution in [-0.4, -0.2) is 61.5 Å². The largest absolute Gasteiger partial charge is 0.392 e. The predicted molar refractivity (Wildman–Crippen MR) is 54.3 cm³/mol. The average Bonchev–Trinajstić information content (AvgIpc) is 2.75. The number of likely N-dealkylation sites (N-methyl/N-ethyl adjacent to an activating group) is 1. The van der Waals surface area contributed by atoms with E-state index in [2.05, 4.69) is 17.3 Å². The van der Waals surface area contributed by atoms with E-state index < -0.39 is 0 Å². The molecule has 3 atom stereocenters. The van der Waals surface area contributed by atoms with Crippen molar-refractivity contribution in [1.82, 2.24) is 10.2 Å².